The fourth-order valence-corrected chi connectivity index (χ4v) is 1.43. The van der Waals surface area contributed by atoms with Gasteiger partial charge in [0.2, 0.25) is 0 Å². The van der Waals surface area contributed by atoms with E-state index in [4.69, 9.17) is 5.11 Å². The Kier molecular flexibility index (Phi) is 4.52. The maximum atomic E-state index is 10.6. The highest BCUT2D eigenvalue weighted by Crippen LogP contribution is 2.10. The molecule has 0 radical (unpaired) electrons. The zero-order valence-electron chi connectivity index (χ0n) is 8.72. The molecule has 0 aliphatic carbocycles. The quantitative estimate of drug-likeness (QED) is 0.849. The van der Waals surface area contributed by atoms with Crippen LogP contribution in [0.2, 0.25) is 0 Å². The second-order valence-corrected chi connectivity index (χ2v) is 3.70. The van der Waals surface area contributed by atoms with Gasteiger partial charge >= 0.3 is 5.97 Å². The Morgan fingerprint density at radius 2 is 1.94 bits per heavy atom. The lowest BCUT2D eigenvalue weighted by Gasteiger charge is -2.23. The Balaban J connectivity index is 0.00000128. The van der Waals surface area contributed by atoms with E-state index in [1.54, 1.807) is 12.1 Å². The van der Waals surface area contributed by atoms with Gasteiger partial charge in [0, 0.05) is 19.0 Å². The summed E-state index contributed by atoms with van der Waals surface area (Å²) < 4.78 is 0. The molecule has 0 aromatic heterocycles. The number of hydrogen-bond acceptors (Lipinski definition) is 2. The van der Waals surface area contributed by atoms with Crippen molar-refractivity contribution in [3.63, 3.8) is 0 Å². The summed E-state index contributed by atoms with van der Waals surface area (Å²) in [5.74, 6) is -0.252. The summed E-state index contributed by atoms with van der Waals surface area (Å²) in [7, 11) is 0. The van der Waals surface area contributed by atoms with Gasteiger partial charge in [-0.25, -0.2) is 4.79 Å². The molecule has 0 saturated carbocycles. The van der Waals surface area contributed by atoms with Crippen molar-refractivity contribution in [1.29, 1.82) is 0 Å². The van der Waals surface area contributed by atoms with Crippen LogP contribution in [0.1, 0.15) is 15.9 Å². The minimum atomic E-state index is -0.881. The number of carboxylic acids is 1. The number of carboxylic acid groups (broad SMARTS) is 1. The topological polar surface area (TPSA) is 49.3 Å². The van der Waals surface area contributed by atoms with Gasteiger partial charge in [-0.05, 0) is 17.7 Å². The number of carbonyl (C=O) groups is 1. The lowest BCUT2D eigenvalue weighted by atomic mass is 10.0. The molecule has 86 valence electrons. The Morgan fingerprint density at radius 3 is 2.38 bits per heavy atom. The van der Waals surface area contributed by atoms with E-state index in [-0.39, 0.29) is 12.4 Å². The van der Waals surface area contributed by atoms with Gasteiger partial charge in [-0.1, -0.05) is 24.3 Å². The average Bonchev–Trinajstić information content (AvgIpc) is 2.16. The van der Waals surface area contributed by atoms with Crippen LogP contribution in [0.3, 0.4) is 0 Å². The minimum Gasteiger partial charge on any atom is -0.478 e. The number of nitrogens with one attached hydrogen (secondary N) is 1. The molecule has 1 aromatic carbocycles. The van der Waals surface area contributed by atoms with Crippen LogP contribution in [0.15, 0.2) is 30.3 Å². The number of benzene rings is 1. The molecule has 1 aliphatic heterocycles. The molecule has 0 spiro atoms. The molecule has 0 bridgehead atoms. The first kappa shape index (κ1) is 12.7. The van der Waals surface area contributed by atoms with Crippen LogP contribution in [0.4, 0.5) is 0 Å². The van der Waals surface area contributed by atoms with Gasteiger partial charge in [-0.3, -0.25) is 0 Å². The van der Waals surface area contributed by atoms with Gasteiger partial charge in [-0.15, -0.1) is 12.4 Å². The average molecular weight is 240 g/mol. The van der Waals surface area contributed by atoms with Crippen LogP contribution in [-0.4, -0.2) is 24.2 Å². The van der Waals surface area contributed by atoms with E-state index in [0.29, 0.717) is 11.5 Å². The maximum Gasteiger partial charge on any atom is 0.335 e. The van der Waals surface area contributed by atoms with Gasteiger partial charge in [0.05, 0.1) is 5.56 Å². The smallest absolute Gasteiger partial charge is 0.335 e. The van der Waals surface area contributed by atoms with E-state index in [0.717, 1.165) is 18.7 Å². The van der Waals surface area contributed by atoms with Crippen LogP contribution in [0.5, 0.6) is 0 Å². The maximum absolute atomic E-state index is 10.6. The van der Waals surface area contributed by atoms with E-state index in [1.165, 1.54) is 0 Å². The Morgan fingerprint density at radius 1 is 1.31 bits per heavy atom. The van der Waals surface area contributed by atoms with Crippen molar-refractivity contribution >= 4 is 24.5 Å². The first-order chi connectivity index (χ1) is 7.25. The van der Waals surface area contributed by atoms with Crippen molar-refractivity contribution < 1.29 is 9.90 Å². The van der Waals surface area contributed by atoms with Gasteiger partial charge in [-0.2, -0.15) is 0 Å². The van der Waals surface area contributed by atoms with Gasteiger partial charge in [0.15, 0.2) is 0 Å². The van der Waals surface area contributed by atoms with Crippen molar-refractivity contribution in [2.75, 3.05) is 13.1 Å². The summed E-state index contributed by atoms with van der Waals surface area (Å²) in [6, 6.07) is 6.90. The SMILES string of the molecule is Cl.O=C(O)c1ccc(/C=C/C2CNC2)cc1. The Hall–Kier alpha value is -1.32. The minimum absolute atomic E-state index is 0. The molecule has 4 heteroatoms. The van der Waals surface area contributed by atoms with Crippen LogP contribution in [0.25, 0.3) is 6.08 Å². The predicted octanol–water partition coefficient (Wildman–Crippen LogP) is 2.04. The standard InChI is InChI=1S/C12H13NO2.ClH/c14-12(15)11-5-3-9(4-6-11)1-2-10-7-13-8-10;/h1-6,10,13H,7-8H2,(H,14,15);1H/b2-1+;. The lowest BCUT2D eigenvalue weighted by Crippen LogP contribution is -2.40. The lowest BCUT2D eigenvalue weighted by molar-refractivity contribution is 0.0697. The van der Waals surface area contributed by atoms with Gasteiger partial charge in [0.25, 0.3) is 0 Å². The molecule has 0 unspecified atom stereocenters. The Bertz CT molecular complexity index is 383. The molecular weight excluding hydrogens is 226 g/mol. The zero-order valence-corrected chi connectivity index (χ0v) is 9.54. The molecule has 1 saturated heterocycles. The molecule has 1 heterocycles. The highest BCUT2D eigenvalue weighted by Gasteiger charge is 2.11. The number of rotatable bonds is 3. The van der Waals surface area contributed by atoms with Crippen molar-refractivity contribution in [3.05, 3.63) is 41.5 Å². The van der Waals surface area contributed by atoms with Crippen molar-refractivity contribution in [1.82, 2.24) is 5.32 Å². The number of hydrogen-bond donors (Lipinski definition) is 2. The summed E-state index contributed by atoms with van der Waals surface area (Å²) in [5.41, 5.74) is 1.38. The fourth-order valence-electron chi connectivity index (χ4n) is 1.43. The van der Waals surface area contributed by atoms with Crippen LogP contribution in [-0.2, 0) is 0 Å². The zero-order chi connectivity index (χ0) is 10.7. The van der Waals surface area contributed by atoms with E-state index in [9.17, 15) is 4.79 Å². The second-order valence-electron chi connectivity index (χ2n) is 3.70. The third-order valence-corrected chi connectivity index (χ3v) is 2.53. The summed E-state index contributed by atoms with van der Waals surface area (Å²) in [6.07, 6.45) is 4.20. The highest BCUT2D eigenvalue weighted by molar-refractivity contribution is 5.87. The van der Waals surface area contributed by atoms with Gasteiger partial charge in [0.1, 0.15) is 0 Å². The molecule has 1 aromatic rings. The van der Waals surface area contributed by atoms with Crippen LogP contribution >= 0.6 is 12.4 Å². The van der Waals surface area contributed by atoms with Crippen molar-refractivity contribution in [2.24, 2.45) is 5.92 Å². The summed E-state index contributed by atoms with van der Waals surface area (Å²) in [6.45, 7) is 2.09. The fraction of sp³-hybridized carbons (Fsp3) is 0.250. The van der Waals surface area contributed by atoms with Gasteiger partial charge < -0.3 is 10.4 Å². The summed E-state index contributed by atoms with van der Waals surface area (Å²) in [5, 5.41) is 11.9. The largest absolute Gasteiger partial charge is 0.478 e. The third-order valence-electron chi connectivity index (χ3n) is 2.53. The predicted molar refractivity (Wildman–Crippen MR) is 66.0 cm³/mol. The molecule has 1 fully saturated rings. The number of aromatic carboxylic acids is 1. The van der Waals surface area contributed by atoms with Crippen molar-refractivity contribution in [2.45, 2.75) is 0 Å². The molecule has 1 aliphatic rings. The summed E-state index contributed by atoms with van der Waals surface area (Å²) >= 11 is 0. The molecule has 2 rings (SSSR count). The number of halogens is 1. The van der Waals surface area contributed by atoms with Crippen LogP contribution in [0, 0.1) is 5.92 Å². The normalized spacial score (nSPS) is 15.5. The first-order valence-corrected chi connectivity index (χ1v) is 4.98. The van der Waals surface area contributed by atoms with E-state index >= 15 is 0 Å². The van der Waals surface area contributed by atoms with Crippen molar-refractivity contribution in [3.8, 4) is 0 Å². The van der Waals surface area contributed by atoms with E-state index in [2.05, 4.69) is 11.4 Å². The molecule has 2 N–H and O–H groups in total. The molecule has 16 heavy (non-hydrogen) atoms. The molecule has 0 amide bonds. The van der Waals surface area contributed by atoms with E-state index in [1.807, 2.05) is 18.2 Å². The second kappa shape index (κ2) is 5.68. The highest BCUT2D eigenvalue weighted by atomic mass is 35.5. The summed E-state index contributed by atoms with van der Waals surface area (Å²) in [4.78, 5) is 10.6. The molecular formula is C12H14ClNO2. The van der Waals surface area contributed by atoms with Crippen LogP contribution < -0.4 is 5.32 Å². The first-order valence-electron chi connectivity index (χ1n) is 4.98. The third kappa shape index (κ3) is 3.08. The molecule has 3 nitrogen and oxygen atoms in total. The Labute approximate surface area is 101 Å². The van der Waals surface area contributed by atoms with E-state index < -0.39 is 5.97 Å². The molecule has 0 atom stereocenters. The monoisotopic (exact) mass is 239 g/mol.